The van der Waals surface area contributed by atoms with E-state index in [4.69, 9.17) is 56.8 Å². The number of hydrogen-bond donors (Lipinski definition) is 5. The number of aliphatic hydroxyl groups is 4. The van der Waals surface area contributed by atoms with Crippen LogP contribution in [0, 0.1) is 93.7 Å². The zero-order valence-electron chi connectivity index (χ0n) is 69.8. The molecule has 6 heterocycles. The Hall–Kier alpha value is -3.00. The first-order valence-corrected chi connectivity index (χ1v) is 39.7. The van der Waals surface area contributed by atoms with Gasteiger partial charge in [-0.05, 0) is 148 Å². The molecule has 0 bridgehead atoms. The summed E-state index contributed by atoms with van der Waals surface area (Å²) < 4.78 is 80.1. The van der Waals surface area contributed by atoms with E-state index in [1.54, 1.807) is 40.0 Å². The molecule has 21 heteroatoms. The van der Waals surface area contributed by atoms with E-state index >= 15 is 0 Å². The lowest BCUT2D eigenvalue weighted by atomic mass is 9.72. The number of carbonyl (C=O) groups is 2. The van der Waals surface area contributed by atoms with Gasteiger partial charge in [0.1, 0.15) is 23.4 Å². The molecule has 604 valence electrons. The highest BCUT2D eigenvalue weighted by Gasteiger charge is 2.56. The maximum Gasteiger partial charge on any atom is 0.311 e. The van der Waals surface area contributed by atoms with Crippen molar-refractivity contribution in [3.8, 4) is 0 Å². The van der Waals surface area contributed by atoms with Crippen molar-refractivity contribution in [1.29, 1.82) is 0 Å². The molecule has 0 amide bonds. The number of carbonyl (C=O) groups excluding carboxylic acids is 2. The number of hydrogen-bond acceptors (Lipinski definition) is 21. The molecule has 5 N–H and O–H groups in total. The normalized spacial score (nSPS) is 47.7. The molecule has 104 heavy (non-hydrogen) atoms. The zero-order valence-corrected chi connectivity index (χ0v) is 69.8. The average Bonchev–Trinajstić information content (AvgIpc) is 0.770. The van der Waals surface area contributed by atoms with Crippen molar-refractivity contribution in [2.24, 2.45) is 104 Å². The van der Waals surface area contributed by atoms with Gasteiger partial charge in [0.2, 0.25) is 0 Å². The van der Waals surface area contributed by atoms with Crippen LogP contribution in [0.2, 0.25) is 0 Å². The predicted molar refractivity (Wildman–Crippen MR) is 406 cm³/mol. The van der Waals surface area contributed by atoms with E-state index in [9.17, 15) is 35.2 Å². The quantitative estimate of drug-likeness (QED) is 0.0416. The van der Waals surface area contributed by atoms with E-state index in [0.29, 0.717) is 49.9 Å². The van der Waals surface area contributed by atoms with Gasteiger partial charge in [0.25, 0.3) is 0 Å². The second-order valence-electron chi connectivity index (χ2n) is 35.7. The first-order valence-electron chi connectivity index (χ1n) is 39.7. The Morgan fingerprint density at radius 1 is 0.490 bits per heavy atom. The first-order chi connectivity index (χ1) is 48.1. The average molecular weight is 1480 g/mol. The second-order valence-corrected chi connectivity index (χ2v) is 35.7. The summed E-state index contributed by atoms with van der Waals surface area (Å²) in [5.74, 6) is -4.30. The van der Waals surface area contributed by atoms with Gasteiger partial charge in [-0.15, -0.1) is 13.2 Å². The standard InChI is InChI=1S/C42H75NO9.C41H73NO10/c1-17-19-47-41(14)21-24(4)34(43-16)27(7)36(44)42(15,46)32(18-2)50-38(45)29(9)35(51-33-22-40(12,13)30(10)31(11)49-33)28(8)37(41)52-39-26(6)23(3)20-25(5)48-39;1-16-18-47-40(14)20-23(4)33(42-46)26(7)35(43)41(15,45)31(17-2)50-37(44)28(9)34(51-32-21-39(12,13)29(10)30(11)49-32)27(8)36(40)52-38-25(6)22(3)19-24(5)48-38/h17,23-33,35-37,39,44,46H,1,18-22H2,2-16H3;16,22-32,34-36,38,43,45-46H,1,17-21H2,2-15H3/b;42-33+/t23-,24+,25+,26+,27-,28-,29+,30-,31-,32+,33-,35-,36+,37+,39-,41-,42+;22-,23+,24+,25+,26-,27-,28+,29-,30-,31+,32-,34-,35+,36+,38-,40-,41+/m00/s1. The van der Waals surface area contributed by atoms with E-state index < -0.39 is 150 Å². The fourth-order valence-corrected chi connectivity index (χ4v) is 18.3. The lowest BCUT2D eigenvalue weighted by Crippen LogP contribution is -2.59. The van der Waals surface area contributed by atoms with Gasteiger partial charge in [-0.1, -0.05) is 142 Å². The van der Waals surface area contributed by atoms with Gasteiger partial charge in [0.15, 0.2) is 25.2 Å². The summed E-state index contributed by atoms with van der Waals surface area (Å²) in [5.41, 5.74) is -4.86. The Morgan fingerprint density at radius 3 is 1.13 bits per heavy atom. The number of ether oxygens (including phenoxy) is 12. The minimum atomic E-state index is -1.87. The van der Waals surface area contributed by atoms with Crippen LogP contribution in [0.3, 0.4) is 0 Å². The fourth-order valence-electron chi connectivity index (χ4n) is 18.3. The number of nitrogens with zero attached hydrogens (tertiary/aromatic N) is 2. The molecule has 6 aliphatic rings. The summed E-state index contributed by atoms with van der Waals surface area (Å²) in [6.45, 7) is 64.4. The number of aliphatic hydroxyl groups excluding tert-OH is 2. The molecule has 0 unspecified atom stereocenters. The van der Waals surface area contributed by atoms with Crippen molar-refractivity contribution >= 4 is 23.4 Å². The van der Waals surface area contributed by atoms with Crippen LogP contribution in [0.4, 0.5) is 0 Å². The van der Waals surface area contributed by atoms with Gasteiger partial charge in [-0.3, -0.25) is 14.6 Å². The van der Waals surface area contributed by atoms with Crippen LogP contribution in [0.1, 0.15) is 245 Å². The van der Waals surface area contributed by atoms with E-state index in [1.165, 1.54) is 13.8 Å². The maximum atomic E-state index is 14.3. The molecule has 34 atom stereocenters. The van der Waals surface area contributed by atoms with Crippen molar-refractivity contribution < 1.29 is 92.1 Å². The van der Waals surface area contributed by atoms with Gasteiger partial charge in [-0.2, -0.15) is 0 Å². The molecule has 6 rings (SSSR count). The Kier molecular flexibility index (Phi) is 33.3. The van der Waals surface area contributed by atoms with Gasteiger partial charge >= 0.3 is 11.9 Å². The van der Waals surface area contributed by atoms with Gasteiger partial charge < -0.3 is 82.5 Å². The molecule has 0 radical (unpaired) electrons. The highest BCUT2D eigenvalue weighted by Crippen LogP contribution is 2.49. The molecule has 6 fully saturated rings. The van der Waals surface area contributed by atoms with Crippen molar-refractivity contribution in [2.45, 2.75) is 366 Å². The van der Waals surface area contributed by atoms with Gasteiger partial charge in [0, 0.05) is 67.0 Å². The Labute approximate surface area is 628 Å². The fraction of sp³-hybridized carbons (Fsp3) is 0.904. The van der Waals surface area contributed by atoms with Crippen LogP contribution in [-0.2, 0) is 66.4 Å². The monoisotopic (exact) mass is 1480 g/mol. The van der Waals surface area contributed by atoms with Crippen LogP contribution < -0.4 is 0 Å². The smallest absolute Gasteiger partial charge is 0.311 e. The lowest BCUT2D eigenvalue weighted by molar-refractivity contribution is -0.304. The van der Waals surface area contributed by atoms with Gasteiger partial charge in [-0.25, -0.2) is 0 Å². The SMILES string of the molecule is C=CCO[C@@]1(C)C[C@@H](C)/C(=N\O)[C@H](C)[C@@H](O)[C@](C)(O)[C@@H](CC)OC(=O)[C@H](C)[C@@H](O[C@H]2CC(C)(C)[C@@H](C)[C@H](C)O2)[C@H](C)[C@H]1O[C@@H]1O[C@H](C)C[C@H](C)[C@H]1C.C=CCO[C@@]1(C)C[C@@H](C)C(=NC)[C@H](C)[C@@H](O)[C@](C)(O)[C@@H](CC)OC(=O)[C@H](C)[C@@H](O[C@H]2CC(C)(C)[C@@H](C)[C@H](C)O2)[C@H](C)[C@H]1O[C@@H]1O[C@H](C)C[C@H](C)[C@H]1C. The molecule has 6 saturated heterocycles. The molecule has 6 aliphatic heterocycles. The van der Waals surface area contributed by atoms with E-state index in [1.807, 2.05) is 48.5 Å². The summed E-state index contributed by atoms with van der Waals surface area (Å²) in [7, 11) is 1.71. The largest absolute Gasteiger partial charge is 0.459 e. The minimum absolute atomic E-state index is 0.00603. The van der Waals surface area contributed by atoms with Crippen LogP contribution >= 0.6 is 0 Å². The van der Waals surface area contributed by atoms with E-state index in [-0.39, 0.29) is 84.3 Å². The molecular weight excluding hydrogens is 1330 g/mol. The van der Waals surface area contributed by atoms with Crippen LogP contribution in [0.5, 0.6) is 0 Å². The van der Waals surface area contributed by atoms with Crippen molar-refractivity contribution in [3.05, 3.63) is 25.3 Å². The minimum Gasteiger partial charge on any atom is -0.459 e. The van der Waals surface area contributed by atoms with Crippen LogP contribution in [0.15, 0.2) is 35.5 Å². The van der Waals surface area contributed by atoms with E-state index in [0.717, 1.165) is 18.6 Å². The second kappa shape index (κ2) is 37.8. The third-order valence-electron chi connectivity index (χ3n) is 26.4. The molecule has 0 aliphatic carbocycles. The van der Waals surface area contributed by atoms with Crippen LogP contribution in [-0.4, -0.2) is 190 Å². The molecule has 0 aromatic heterocycles. The maximum absolute atomic E-state index is 14.3. The number of esters is 2. The number of oxime groups is 1. The highest BCUT2D eigenvalue weighted by atomic mass is 16.7. The first kappa shape index (κ1) is 91.6. The lowest BCUT2D eigenvalue weighted by Gasteiger charge is -2.50. The Bertz CT molecular complexity index is 2600. The molecule has 21 nitrogen and oxygen atoms in total. The summed E-state index contributed by atoms with van der Waals surface area (Å²) in [6, 6.07) is 0. The summed E-state index contributed by atoms with van der Waals surface area (Å²) in [6.07, 6.45) is -2.35. The third kappa shape index (κ3) is 21.4. The molecule has 0 aromatic carbocycles. The Balaban J connectivity index is 0.000000374. The molecule has 0 saturated carbocycles. The number of cyclic esters (lactones) is 2. The van der Waals surface area contributed by atoms with Gasteiger partial charge in [0.05, 0.1) is 103 Å². The summed E-state index contributed by atoms with van der Waals surface area (Å²) in [4.78, 5) is 33.3. The predicted octanol–water partition coefficient (Wildman–Crippen LogP) is 14.5. The molecule has 0 aromatic rings. The van der Waals surface area contributed by atoms with Crippen molar-refractivity contribution in [3.63, 3.8) is 0 Å². The zero-order chi connectivity index (χ0) is 79.0. The number of rotatable bonds is 16. The molecular formula is C83H148N2O19. The van der Waals surface area contributed by atoms with Crippen LogP contribution in [0.25, 0.3) is 0 Å². The molecule has 0 spiro atoms. The van der Waals surface area contributed by atoms with Crippen molar-refractivity contribution in [2.75, 3.05) is 20.3 Å². The summed E-state index contributed by atoms with van der Waals surface area (Å²) >= 11 is 0. The topological polar surface area (TPSA) is 271 Å². The highest BCUT2D eigenvalue weighted by molar-refractivity contribution is 5.89. The van der Waals surface area contributed by atoms with E-state index in [2.05, 4.69) is 134 Å². The Morgan fingerprint density at radius 2 is 0.827 bits per heavy atom. The third-order valence-corrected chi connectivity index (χ3v) is 26.4. The summed E-state index contributed by atoms with van der Waals surface area (Å²) in [5, 5.41) is 61.2. The number of aliphatic imine (C=N–C) groups is 1. The van der Waals surface area contributed by atoms with Crippen molar-refractivity contribution in [1.82, 2.24) is 0 Å².